The van der Waals surface area contributed by atoms with Crippen LogP contribution in [-0.4, -0.2) is 25.7 Å². The highest BCUT2D eigenvalue weighted by atomic mass is 79.9. The van der Waals surface area contributed by atoms with Gasteiger partial charge in [-0.15, -0.1) is 0 Å². The summed E-state index contributed by atoms with van der Waals surface area (Å²) in [6, 6.07) is 7.34. The lowest BCUT2D eigenvalue weighted by Crippen LogP contribution is -2.35. The molecule has 1 N–H and O–H groups in total. The molecular weight excluding hydrogens is 258 g/mol. The Hall–Kier alpha value is -0.870. The number of benzene rings is 1. The minimum atomic E-state index is -0.0907. The summed E-state index contributed by atoms with van der Waals surface area (Å²) < 4.78 is 5.74. The Balaban J connectivity index is 2.65. The summed E-state index contributed by atoms with van der Waals surface area (Å²) in [5.41, 5.74) is 0.639. The lowest BCUT2D eigenvalue weighted by Gasteiger charge is -2.13. The van der Waals surface area contributed by atoms with Crippen molar-refractivity contribution in [2.24, 2.45) is 0 Å². The van der Waals surface area contributed by atoms with Gasteiger partial charge in [0.25, 0.3) is 5.91 Å². The number of amides is 1. The minimum absolute atomic E-state index is 0.00889. The minimum Gasteiger partial charge on any atom is -0.383 e. The number of rotatable bonds is 4. The molecule has 0 fully saturated rings. The second-order valence-electron chi connectivity index (χ2n) is 3.31. The van der Waals surface area contributed by atoms with Gasteiger partial charge in [0, 0.05) is 17.6 Å². The summed E-state index contributed by atoms with van der Waals surface area (Å²) in [6.07, 6.45) is 0. The zero-order valence-electron chi connectivity index (χ0n) is 8.79. The summed E-state index contributed by atoms with van der Waals surface area (Å²) in [6.45, 7) is 2.41. The van der Waals surface area contributed by atoms with Gasteiger partial charge in [0.1, 0.15) is 0 Å². The first-order valence-electron chi connectivity index (χ1n) is 4.69. The smallest absolute Gasteiger partial charge is 0.252 e. The van der Waals surface area contributed by atoms with Gasteiger partial charge in [-0.2, -0.15) is 0 Å². The van der Waals surface area contributed by atoms with Crippen LogP contribution in [0.4, 0.5) is 0 Å². The van der Waals surface area contributed by atoms with Crippen LogP contribution in [0.25, 0.3) is 0 Å². The van der Waals surface area contributed by atoms with E-state index in [2.05, 4.69) is 21.2 Å². The summed E-state index contributed by atoms with van der Waals surface area (Å²) in [5.74, 6) is -0.0907. The molecule has 4 heteroatoms. The quantitative estimate of drug-likeness (QED) is 0.912. The van der Waals surface area contributed by atoms with Gasteiger partial charge in [-0.05, 0) is 35.0 Å². The van der Waals surface area contributed by atoms with Crippen LogP contribution in [0.1, 0.15) is 17.3 Å². The standard InChI is InChI=1S/C11H14BrNO2/c1-8(7-15-2)13-11(14)9-5-3-4-6-10(9)12/h3-6,8H,7H2,1-2H3,(H,13,14)/t8-/m1/s1. The molecule has 0 radical (unpaired) electrons. The van der Waals surface area contributed by atoms with Gasteiger partial charge in [0.15, 0.2) is 0 Å². The number of nitrogens with one attached hydrogen (secondary N) is 1. The molecule has 82 valence electrons. The first-order chi connectivity index (χ1) is 7.15. The third kappa shape index (κ3) is 3.64. The molecule has 3 nitrogen and oxygen atoms in total. The Morgan fingerprint density at radius 3 is 2.80 bits per heavy atom. The third-order valence-electron chi connectivity index (χ3n) is 1.91. The highest BCUT2D eigenvalue weighted by Crippen LogP contribution is 2.15. The molecule has 0 aliphatic rings. The molecule has 0 saturated heterocycles. The Labute approximate surface area is 97.9 Å². The average Bonchev–Trinajstić information content (AvgIpc) is 2.18. The molecule has 1 atom stereocenters. The molecular formula is C11H14BrNO2. The van der Waals surface area contributed by atoms with Gasteiger partial charge in [0.2, 0.25) is 0 Å². The maximum atomic E-state index is 11.8. The second-order valence-corrected chi connectivity index (χ2v) is 4.16. The molecule has 1 amide bonds. The molecule has 15 heavy (non-hydrogen) atoms. The number of hydrogen-bond donors (Lipinski definition) is 1. The molecule has 1 aromatic rings. The molecule has 0 aliphatic heterocycles. The first-order valence-corrected chi connectivity index (χ1v) is 5.48. The predicted octanol–water partition coefficient (Wildman–Crippen LogP) is 2.21. The van der Waals surface area contributed by atoms with Crippen LogP contribution >= 0.6 is 15.9 Å². The lowest BCUT2D eigenvalue weighted by atomic mass is 10.2. The van der Waals surface area contributed by atoms with Crippen LogP contribution in [0.5, 0.6) is 0 Å². The number of halogens is 1. The largest absolute Gasteiger partial charge is 0.383 e. The monoisotopic (exact) mass is 271 g/mol. The van der Waals surface area contributed by atoms with Crippen molar-refractivity contribution in [3.8, 4) is 0 Å². The van der Waals surface area contributed by atoms with Gasteiger partial charge in [-0.3, -0.25) is 4.79 Å². The summed E-state index contributed by atoms with van der Waals surface area (Å²) in [4.78, 5) is 11.8. The van der Waals surface area contributed by atoms with Gasteiger partial charge in [-0.1, -0.05) is 12.1 Å². The first kappa shape index (κ1) is 12.2. The fourth-order valence-electron chi connectivity index (χ4n) is 1.24. The van der Waals surface area contributed by atoms with Crippen LogP contribution in [0.3, 0.4) is 0 Å². The maximum absolute atomic E-state index is 11.8. The molecule has 0 heterocycles. The zero-order chi connectivity index (χ0) is 11.3. The van der Waals surface area contributed by atoms with Crippen LogP contribution < -0.4 is 5.32 Å². The SMILES string of the molecule is COC[C@@H](C)NC(=O)c1ccccc1Br. The zero-order valence-corrected chi connectivity index (χ0v) is 10.4. The summed E-state index contributed by atoms with van der Waals surface area (Å²) >= 11 is 3.33. The van der Waals surface area contributed by atoms with Gasteiger partial charge >= 0.3 is 0 Å². The van der Waals surface area contributed by atoms with E-state index in [1.54, 1.807) is 13.2 Å². The normalized spacial score (nSPS) is 12.2. The fraction of sp³-hybridized carbons (Fsp3) is 0.364. The van der Waals surface area contributed by atoms with E-state index in [9.17, 15) is 4.79 Å². The second kappa shape index (κ2) is 5.88. The van der Waals surface area contributed by atoms with E-state index in [0.717, 1.165) is 4.47 Å². The Morgan fingerprint density at radius 2 is 2.20 bits per heavy atom. The maximum Gasteiger partial charge on any atom is 0.252 e. The lowest BCUT2D eigenvalue weighted by molar-refractivity contribution is 0.0905. The molecule has 0 unspecified atom stereocenters. The number of hydrogen-bond acceptors (Lipinski definition) is 2. The van der Waals surface area contributed by atoms with E-state index in [4.69, 9.17) is 4.74 Å². The van der Waals surface area contributed by atoms with Crippen molar-refractivity contribution in [2.75, 3.05) is 13.7 Å². The van der Waals surface area contributed by atoms with E-state index in [-0.39, 0.29) is 11.9 Å². The molecule has 0 saturated carbocycles. The van der Waals surface area contributed by atoms with Crippen molar-refractivity contribution in [2.45, 2.75) is 13.0 Å². The highest BCUT2D eigenvalue weighted by Gasteiger charge is 2.11. The van der Waals surface area contributed by atoms with Crippen LogP contribution in [0.2, 0.25) is 0 Å². The Morgan fingerprint density at radius 1 is 1.53 bits per heavy atom. The molecule has 1 aromatic carbocycles. The van der Waals surface area contributed by atoms with E-state index in [0.29, 0.717) is 12.2 Å². The van der Waals surface area contributed by atoms with Crippen molar-refractivity contribution in [1.29, 1.82) is 0 Å². The highest BCUT2D eigenvalue weighted by molar-refractivity contribution is 9.10. The molecule has 0 aromatic heterocycles. The molecule has 0 spiro atoms. The average molecular weight is 272 g/mol. The van der Waals surface area contributed by atoms with Crippen molar-refractivity contribution >= 4 is 21.8 Å². The number of carbonyl (C=O) groups excluding carboxylic acids is 1. The molecule has 1 rings (SSSR count). The van der Waals surface area contributed by atoms with E-state index in [1.165, 1.54) is 0 Å². The van der Waals surface area contributed by atoms with Crippen molar-refractivity contribution in [3.63, 3.8) is 0 Å². The number of ether oxygens (including phenoxy) is 1. The Kier molecular flexibility index (Phi) is 4.78. The van der Waals surface area contributed by atoms with E-state index >= 15 is 0 Å². The summed E-state index contributed by atoms with van der Waals surface area (Å²) in [7, 11) is 1.61. The van der Waals surface area contributed by atoms with Crippen molar-refractivity contribution in [1.82, 2.24) is 5.32 Å². The predicted molar refractivity (Wildman–Crippen MR) is 62.9 cm³/mol. The molecule has 0 bridgehead atoms. The van der Waals surface area contributed by atoms with Crippen LogP contribution in [0.15, 0.2) is 28.7 Å². The van der Waals surface area contributed by atoms with Gasteiger partial charge in [0.05, 0.1) is 12.2 Å². The summed E-state index contributed by atoms with van der Waals surface area (Å²) in [5, 5.41) is 2.84. The number of methoxy groups -OCH3 is 1. The third-order valence-corrected chi connectivity index (χ3v) is 2.60. The van der Waals surface area contributed by atoms with Crippen molar-refractivity contribution < 1.29 is 9.53 Å². The fourth-order valence-corrected chi connectivity index (χ4v) is 1.70. The van der Waals surface area contributed by atoms with Gasteiger partial charge in [-0.25, -0.2) is 0 Å². The van der Waals surface area contributed by atoms with Crippen LogP contribution in [0, 0.1) is 0 Å². The topological polar surface area (TPSA) is 38.3 Å². The van der Waals surface area contributed by atoms with Gasteiger partial charge < -0.3 is 10.1 Å². The van der Waals surface area contributed by atoms with E-state index < -0.39 is 0 Å². The molecule has 0 aliphatic carbocycles. The number of carbonyl (C=O) groups is 1. The van der Waals surface area contributed by atoms with Crippen LogP contribution in [-0.2, 0) is 4.74 Å². The van der Waals surface area contributed by atoms with E-state index in [1.807, 2.05) is 25.1 Å². The Bertz CT molecular complexity index is 341. The van der Waals surface area contributed by atoms with Crippen molar-refractivity contribution in [3.05, 3.63) is 34.3 Å².